The molecule has 3 atom stereocenters. The van der Waals surface area contributed by atoms with E-state index in [1.807, 2.05) is 0 Å². The van der Waals surface area contributed by atoms with Crippen LogP contribution >= 0.6 is 11.6 Å². The van der Waals surface area contributed by atoms with E-state index in [0.717, 1.165) is 29.3 Å². The summed E-state index contributed by atoms with van der Waals surface area (Å²) in [5.74, 6) is -2.49. The fraction of sp³-hybridized carbons (Fsp3) is 0.433. The quantitative estimate of drug-likeness (QED) is 0.254. The van der Waals surface area contributed by atoms with Gasteiger partial charge in [0.2, 0.25) is 5.91 Å². The van der Waals surface area contributed by atoms with Crippen molar-refractivity contribution in [2.75, 3.05) is 6.54 Å². The number of nitrogens with zero attached hydrogens (tertiary/aromatic N) is 8. The Kier molecular flexibility index (Phi) is 10.2. The first kappa shape index (κ1) is 37.3. The van der Waals surface area contributed by atoms with Crippen molar-refractivity contribution in [3.63, 3.8) is 0 Å². The van der Waals surface area contributed by atoms with Crippen LogP contribution in [0.25, 0.3) is 17.2 Å². The zero-order valence-electron chi connectivity index (χ0n) is 26.9. The van der Waals surface area contributed by atoms with Crippen LogP contribution in [0.2, 0.25) is 5.02 Å². The van der Waals surface area contributed by atoms with Crippen LogP contribution in [0.15, 0.2) is 53.7 Å². The Bertz CT molecular complexity index is 1950. The van der Waals surface area contributed by atoms with Crippen LogP contribution in [0.5, 0.6) is 0 Å². The first-order valence-corrected chi connectivity index (χ1v) is 15.5. The van der Waals surface area contributed by atoms with Gasteiger partial charge in [-0.15, -0.1) is 10.2 Å². The highest BCUT2D eigenvalue weighted by Crippen LogP contribution is 2.32. The van der Waals surface area contributed by atoms with Gasteiger partial charge in [0, 0.05) is 23.2 Å². The van der Waals surface area contributed by atoms with E-state index >= 15 is 0 Å². The number of hydrogen-bond donors (Lipinski definition) is 1. The fourth-order valence-electron chi connectivity index (χ4n) is 5.16. The number of benzene rings is 1. The second kappa shape index (κ2) is 14.0. The summed E-state index contributed by atoms with van der Waals surface area (Å²) in [5.41, 5.74) is -3.16. The van der Waals surface area contributed by atoms with E-state index in [1.165, 1.54) is 45.0 Å². The van der Waals surface area contributed by atoms with E-state index in [4.69, 9.17) is 16.3 Å². The summed E-state index contributed by atoms with van der Waals surface area (Å²) in [6, 6.07) is 2.99. The minimum atomic E-state index is -5.17. The number of carbonyl (C=O) groups is 2. The highest BCUT2D eigenvalue weighted by atomic mass is 35.5. The number of ether oxygens (including phenoxy) is 1. The highest BCUT2D eigenvalue weighted by molar-refractivity contribution is 6.30. The van der Waals surface area contributed by atoms with Crippen molar-refractivity contribution in [3.05, 3.63) is 75.8 Å². The van der Waals surface area contributed by atoms with Crippen molar-refractivity contribution < 1.29 is 45.1 Å². The van der Waals surface area contributed by atoms with Gasteiger partial charge < -0.3 is 10.1 Å². The summed E-state index contributed by atoms with van der Waals surface area (Å²) in [6.07, 6.45) is -11.3. The molecule has 0 aliphatic carbocycles. The Morgan fingerprint density at radius 2 is 1.73 bits per heavy atom. The molecule has 21 heteroatoms. The summed E-state index contributed by atoms with van der Waals surface area (Å²) in [7, 11) is 0. The molecule has 1 aromatic carbocycles. The molecule has 0 radical (unpaired) electrons. The van der Waals surface area contributed by atoms with Crippen LogP contribution in [-0.4, -0.2) is 87.6 Å². The molecule has 4 heterocycles. The minimum absolute atomic E-state index is 0.136. The Morgan fingerprint density at radius 3 is 2.35 bits per heavy atom. The molecule has 13 nitrogen and oxygen atoms in total. The molecule has 0 bridgehead atoms. The van der Waals surface area contributed by atoms with Crippen LogP contribution < -0.4 is 11.0 Å². The summed E-state index contributed by atoms with van der Waals surface area (Å²) in [5, 5.41) is 10.2. The molecule has 1 aliphatic rings. The van der Waals surface area contributed by atoms with Gasteiger partial charge >= 0.3 is 24.1 Å². The van der Waals surface area contributed by atoms with Crippen LogP contribution in [0.3, 0.4) is 0 Å². The van der Waals surface area contributed by atoms with E-state index in [1.54, 1.807) is 5.32 Å². The fourth-order valence-corrected chi connectivity index (χ4v) is 5.29. The van der Waals surface area contributed by atoms with Gasteiger partial charge in [-0.05, 0) is 57.2 Å². The summed E-state index contributed by atoms with van der Waals surface area (Å²) >= 11 is 5.97. The largest absolute Gasteiger partial charge is 0.444 e. The van der Waals surface area contributed by atoms with Crippen molar-refractivity contribution in [1.82, 2.24) is 44.3 Å². The van der Waals surface area contributed by atoms with E-state index < -0.39 is 91.3 Å². The van der Waals surface area contributed by atoms with Crippen molar-refractivity contribution >= 4 is 23.6 Å². The van der Waals surface area contributed by atoms with E-state index in [0.29, 0.717) is 14.1 Å². The van der Waals surface area contributed by atoms with Crippen LogP contribution in [0.1, 0.15) is 38.6 Å². The lowest BCUT2D eigenvalue weighted by Crippen LogP contribution is -2.55. The maximum atomic E-state index is 14.5. The van der Waals surface area contributed by atoms with E-state index in [-0.39, 0.29) is 22.2 Å². The second-order valence-electron chi connectivity index (χ2n) is 12.4. The molecule has 0 saturated carbocycles. The molecule has 2 amide bonds. The second-order valence-corrected chi connectivity index (χ2v) is 12.9. The lowest BCUT2D eigenvalue weighted by molar-refractivity contribution is -0.165. The smallest absolute Gasteiger partial charge is 0.420 e. The van der Waals surface area contributed by atoms with Gasteiger partial charge in [-0.2, -0.15) is 26.3 Å². The number of carbonyl (C=O) groups excluding carboxylic acids is 2. The number of hydrogen-bond acceptors (Lipinski definition) is 8. The monoisotopic (exact) mass is 747 g/mol. The predicted molar refractivity (Wildman–Crippen MR) is 164 cm³/mol. The molecule has 4 aromatic rings. The number of aromatic nitrogens is 7. The zero-order valence-corrected chi connectivity index (χ0v) is 27.7. The summed E-state index contributed by atoms with van der Waals surface area (Å²) in [4.78, 5) is 47.8. The molecule has 0 spiro atoms. The molecule has 51 heavy (non-hydrogen) atoms. The van der Waals surface area contributed by atoms with E-state index in [2.05, 4.69) is 20.2 Å². The number of halogens is 8. The van der Waals surface area contributed by atoms with Gasteiger partial charge in [0.25, 0.3) is 0 Å². The molecule has 5 rings (SSSR count). The number of amides is 2. The maximum Gasteiger partial charge on any atom is 0.420 e. The number of nitrogens with one attached hydrogen (secondary N) is 1. The SMILES string of the molecule is CC(C)(C)OC(=O)N1C[C@H](F)C[C@H]1C(=O)N[C@@H](Cn1c(-c2ccc(Cl)cc2)nn(Cc2ncn(-c3ncccc3C(F)(F)F)n2)c1=O)C(F)(F)F. The number of pyridine rings is 1. The highest BCUT2D eigenvalue weighted by Gasteiger charge is 2.47. The topological polar surface area (TPSA) is 142 Å². The number of rotatable bonds is 8. The average Bonchev–Trinajstić information content (AvgIpc) is 3.74. The summed E-state index contributed by atoms with van der Waals surface area (Å²) < 4.78 is 106. The van der Waals surface area contributed by atoms with Gasteiger partial charge in [0.1, 0.15) is 42.3 Å². The van der Waals surface area contributed by atoms with Crippen molar-refractivity contribution in [1.29, 1.82) is 0 Å². The molecule has 0 unspecified atom stereocenters. The summed E-state index contributed by atoms with van der Waals surface area (Å²) in [6.45, 7) is 2.15. The Hall–Kier alpha value is -5.01. The lowest BCUT2D eigenvalue weighted by Gasteiger charge is -2.29. The van der Waals surface area contributed by atoms with Crippen LogP contribution in [0.4, 0.5) is 35.5 Å². The van der Waals surface area contributed by atoms with Gasteiger partial charge in [0.15, 0.2) is 17.5 Å². The van der Waals surface area contributed by atoms with Gasteiger partial charge in [-0.1, -0.05) is 11.6 Å². The predicted octanol–water partition coefficient (Wildman–Crippen LogP) is 4.80. The Labute approximate surface area is 289 Å². The lowest BCUT2D eigenvalue weighted by atomic mass is 10.1. The first-order chi connectivity index (χ1) is 23.7. The average molecular weight is 748 g/mol. The zero-order chi connectivity index (χ0) is 37.5. The van der Waals surface area contributed by atoms with Crippen LogP contribution in [-0.2, 0) is 28.8 Å². The molecule has 1 N–H and O–H groups in total. The van der Waals surface area contributed by atoms with Crippen molar-refractivity contribution in [2.45, 2.75) is 76.5 Å². The maximum absolute atomic E-state index is 14.5. The normalized spacial score (nSPS) is 17.4. The van der Waals surface area contributed by atoms with Gasteiger partial charge in [-0.25, -0.2) is 33.3 Å². The molecule has 3 aromatic heterocycles. The van der Waals surface area contributed by atoms with Gasteiger partial charge in [0.05, 0.1) is 13.1 Å². The van der Waals surface area contributed by atoms with Crippen molar-refractivity contribution in [3.8, 4) is 17.2 Å². The van der Waals surface area contributed by atoms with Gasteiger partial charge in [-0.3, -0.25) is 14.3 Å². The minimum Gasteiger partial charge on any atom is -0.444 e. The number of alkyl halides is 7. The molecule has 1 fully saturated rings. The Balaban J connectivity index is 1.46. The third kappa shape index (κ3) is 8.66. The Morgan fingerprint density at radius 1 is 1.04 bits per heavy atom. The molecule has 274 valence electrons. The molecule has 1 aliphatic heterocycles. The van der Waals surface area contributed by atoms with E-state index in [9.17, 15) is 45.1 Å². The first-order valence-electron chi connectivity index (χ1n) is 15.1. The number of likely N-dealkylation sites (tertiary alicyclic amines) is 1. The molecular formula is C30H29ClF7N9O4. The third-order valence-corrected chi connectivity index (χ3v) is 7.67. The molecule has 1 saturated heterocycles. The third-order valence-electron chi connectivity index (χ3n) is 7.42. The van der Waals surface area contributed by atoms with Crippen LogP contribution in [0, 0.1) is 0 Å². The standard InChI is InChI=1S/C30H29ClF7N9O4/c1-28(2,3)51-27(50)44-12-18(32)11-20(44)25(48)41-21(30(36,37)38)13-45-23(16-6-8-17(31)9-7-16)43-46(26(45)49)14-22-40-15-47(42-22)24-19(29(33,34)35)5-4-10-39-24/h4-10,15,18,20-21H,11-14H2,1-3H3,(H,41,48)/t18-,20+,21+/m1/s1. The van der Waals surface area contributed by atoms with Crippen molar-refractivity contribution in [2.24, 2.45) is 0 Å². The molecular weight excluding hydrogens is 719 g/mol.